The van der Waals surface area contributed by atoms with Gasteiger partial charge in [0.05, 0.1) is 0 Å². The predicted octanol–water partition coefficient (Wildman–Crippen LogP) is 0.846. The fraction of sp³-hybridized carbons (Fsp3) is 0.583. The van der Waals surface area contributed by atoms with Crippen molar-refractivity contribution >= 4 is 5.91 Å². The molecule has 2 aromatic heterocycles. The number of rotatable bonds is 5. The van der Waals surface area contributed by atoms with E-state index in [-0.39, 0.29) is 5.91 Å². The molecule has 1 fully saturated rings. The molecule has 3 rings (SSSR count). The lowest BCUT2D eigenvalue weighted by molar-refractivity contribution is -0.121. The SMILES string of the molecule is O=C(CCc1nc(-c2ncn[nH]2)no1)NC1CCCC1. The molecule has 106 valence electrons. The third-order valence-corrected chi connectivity index (χ3v) is 3.38. The summed E-state index contributed by atoms with van der Waals surface area (Å²) in [6.07, 6.45) is 6.74. The van der Waals surface area contributed by atoms with Gasteiger partial charge in [0.2, 0.25) is 17.6 Å². The summed E-state index contributed by atoms with van der Waals surface area (Å²) in [6.45, 7) is 0. The minimum atomic E-state index is 0.0383. The first-order valence-corrected chi connectivity index (χ1v) is 6.79. The van der Waals surface area contributed by atoms with Crippen LogP contribution in [0.4, 0.5) is 0 Å². The van der Waals surface area contributed by atoms with Gasteiger partial charge in [0, 0.05) is 18.9 Å². The van der Waals surface area contributed by atoms with E-state index in [9.17, 15) is 4.79 Å². The molecular formula is C12H16N6O2. The van der Waals surface area contributed by atoms with Crippen LogP contribution in [0.15, 0.2) is 10.9 Å². The molecule has 20 heavy (non-hydrogen) atoms. The molecule has 2 aromatic rings. The lowest BCUT2D eigenvalue weighted by Gasteiger charge is -2.10. The largest absolute Gasteiger partial charge is 0.353 e. The van der Waals surface area contributed by atoms with Crippen molar-refractivity contribution in [3.8, 4) is 11.6 Å². The van der Waals surface area contributed by atoms with Crippen molar-refractivity contribution < 1.29 is 9.32 Å². The van der Waals surface area contributed by atoms with E-state index in [1.165, 1.54) is 19.2 Å². The van der Waals surface area contributed by atoms with Crippen LogP contribution in [0.1, 0.15) is 38.0 Å². The number of nitrogens with zero attached hydrogens (tertiary/aromatic N) is 4. The summed E-state index contributed by atoms with van der Waals surface area (Å²) in [5, 5.41) is 13.2. The molecule has 8 heteroatoms. The van der Waals surface area contributed by atoms with Crippen LogP contribution in [0.25, 0.3) is 11.6 Å². The molecule has 0 radical (unpaired) electrons. The summed E-state index contributed by atoms with van der Waals surface area (Å²) in [6, 6.07) is 0.343. The predicted molar refractivity (Wildman–Crippen MR) is 68.4 cm³/mol. The third kappa shape index (κ3) is 3.01. The normalized spacial score (nSPS) is 15.6. The number of H-pyrrole nitrogens is 1. The molecule has 0 unspecified atom stereocenters. The van der Waals surface area contributed by atoms with Gasteiger partial charge >= 0.3 is 0 Å². The van der Waals surface area contributed by atoms with Crippen LogP contribution in [0.3, 0.4) is 0 Å². The molecule has 1 aliphatic rings. The molecule has 0 atom stereocenters. The molecule has 2 heterocycles. The number of hydrogen-bond donors (Lipinski definition) is 2. The van der Waals surface area contributed by atoms with E-state index in [4.69, 9.17) is 4.52 Å². The Balaban J connectivity index is 1.49. The maximum absolute atomic E-state index is 11.8. The number of aromatic amines is 1. The van der Waals surface area contributed by atoms with Gasteiger partial charge in [0.15, 0.2) is 5.82 Å². The maximum Gasteiger partial charge on any atom is 0.239 e. The smallest absolute Gasteiger partial charge is 0.239 e. The van der Waals surface area contributed by atoms with Crippen LogP contribution in [-0.4, -0.2) is 37.3 Å². The van der Waals surface area contributed by atoms with Crippen LogP contribution >= 0.6 is 0 Å². The summed E-state index contributed by atoms with van der Waals surface area (Å²) in [5.41, 5.74) is 0. The van der Waals surface area contributed by atoms with Crippen molar-refractivity contribution in [2.75, 3.05) is 0 Å². The Labute approximate surface area is 115 Å². The molecule has 1 aliphatic carbocycles. The highest BCUT2D eigenvalue weighted by molar-refractivity contribution is 5.76. The second kappa shape index (κ2) is 5.81. The van der Waals surface area contributed by atoms with Crippen LogP contribution in [0.2, 0.25) is 0 Å². The fourth-order valence-electron chi connectivity index (χ4n) is 2.36. The average Bonchev–Trinajstić information content (AvgIpc) is 3.18. The number of carbonyl (C=O) groups excluding carboxylic acids is 1. The van der Waals surface area contributed by atoms with Crippen molar-refractivity contribution in [1.82, 2.24) is 30.6 Å². The van der Waals surface area contributed by atoms with Gasteiger partial charge in [-0.3, -0.25) is 9.89 Å². The Hall–Kier alpha value is -2.25. The van der Waals surface area contributed by atoms with Gasteiger partial charge in [-0.15, -0.1) is 0 Å². The molecular weight excluding hydrogens is 260 g/mol. The van der Waals surface area contributed by atoms with Gasteiger partial charge in [-0.2, -0.15) is 10.1 Å². The monoisotopic (exact) mass is 276 g/mol. The highest BCUT2D eigenvalue weighted by Gasteiger charge is 2.18. The molecule has 0 aromatic carbocycles. The summed E-state index contributed by atoms with van der Waals surface area (Å²) >= 11 is 0. The Morgan fingerprint density at radius 2 is 2.30 bits per heavy atom. The van der Waals surface area contributed by atoms with Crippen LogP contribution in [-0.2, 0) is 11.2 Å². The molecule has 2 N–H and O–H groups in total. The summed E-state index contributed by atoms with van der Waals surface area (Å²) in [4.78, 5) is 19.9. The molecule has 8 nitrogen and oxygen atoms in total. The van der Waals surface area contributed by atoms with Gasteiger partial charge in [0.1, 0.15) is 6.33 Å². The van der Waals surface area contributed by atoms with E-state index >= 15 is 0 Å². The maximum atomic E-state index is 11.8. The summed E-state index contributed by atoms with van der Waals surface area (Å²) in [5.74, 6) is 1.28. The molecule has 1 saturated carbocycles. The van der Waals surface area contributed by atoms with Crippen LogP contribution in [0.5, 0.6) is 0 Å². The molecule has 1 amide bonds. The second-order valence-corrected chi connectivity index (χ2v) is 4.89. The number of aromatic nitrogens is 5. The molecule has 0 spiro atoms. The molecule has 0 bridgehead atoms. The van der Waals surface area contributed by atoms with Gasteiger partial charge < -0.3 is 9.84 Å². The first-order chi connectivity index (χ1) is 9.81. The van der Waals surface area contributed by atoms with Gasteiger partial charge in [-0.25, -0.2) is 4.98 Å². The topological polar surface area (TPSA) is 110 Å². The Kier molecular flexibility index (Phi) is 3.71. The number of nitrogens with one attached hydrogen (secondary N) is 2. The first-order valence-electron chi connectivity index (χ1n) is 6.79. The first kappa shape index (κ1) is 12.8. The van der Waals surface area contributed by atoms with Gasteiger partial charge in [0.25, 0.3) is 0 Å². The average molecular weight is 276 g/mol. The number of amides is 1. The van der Waals surface area contributed by atoms with E-state index < -0.39 is 0 Å². The number of carbonyl (C=O) groups is 1. The zero-order valence-corrected chi connectivity index (χ0v) is 11.0. The van der Waals surface area contributed by atoms with Crippen molar-refractivity contribution in [2.45, 2.75) is 44.6 Å². The number of hydrogen-bond acceptors (Lipinski definition) is 6. The second-order valence-electron chi connectivity index (χ2n) is 4.89. The lowest BCUT2D eigenvalue weighted by atomic mass is 10.2. The summed E-state index contributed by atoms with van der Waals surface area (Å²) < 4.78 is 5.08. The van der Waals surface area contributed by atoms with E-state index in [1.54, 1.807) is 0 Å². The zero-order chi connectivity index (χ0) is 13.8. The van der Waals surface area contributed by atoms with Crippen molar-refractivity contribution in [1.29, 1.82) is 0 Å². The Bertz CT molecular complexity index is 558. The minimum Gasteiger partial charge on any atom is -0.353 e. The molecule has 0 aliphatic heterocycles. The van der Waals surface area contributed by atoms with Crippen molar-refractivity contribution in [3.63, 3.8) is 0 Å². The highest BCUT2D eigenvalue weighted by atomic mass is 16.5. The highest BCUT2D eigenvalue weighted by Crippen LogP contribution is 2.17. The van der Waals surface area contributed by atoms with Gasteiger partial charge in [-0.1, -0.05) is 18.0 Å². The standard InChI is InChI=1S/C12H16N6O2/c19-9(15-8-3-1-2-4-8)5-6-10-16-12(18-20-10)11-13-7-14-17-11/h7-8H,1-6H2,(H,15,19)(H,13,14,17). The van der Waals surface area contributed by atoms with E-state index in [0.717, 1.165) is 12.8 Å². The summed E-state index contributed by atoms with van der Waals surface area (Å²) in [7, 11) is 0. The van der Waals surface area contributed by atoms with E-state index in [0.29, 0.717) is 36.4 Å². The lowest BCUT2D eigenvalue weighted by Crippen LogP contribution is -2.32. The Morgan fingerprint density at radius 1 is 1.45 bits per heavy atom. The third-order valence-electron chi connectivity index (χ3n) is 3.38. The van der Waals surface area contributed by atoms with Crippen LogP contribution < -0.4 is 5.32 Å². The fourth-order valence-corrected chi connectivity index (χ4v) is 2.36. The van der Waals surface area contributed by atoms with Crippen LogP contribution in [0, 0.1) is 0 Å². The van der Waals surface area contributed by atoms with E-state index in [2.05, 4.69) is 30.6 Å². The van der Waals surface area contributed by atoms with Gasteiger partial charge in [-0.05, 0) is 12.8 Å². The van der Waals surface area contributed by atoms with Crippen molar-refractivity contribution in [2.24, 2.45) is 0 Å². The minimum absolute atomic E-state index is 0.0383. The van der Waals surface area contributed by atoms with E-state index in [1.807, 2.05) is 0 Å². The number of aryl methyl sites for hydroxylation is 1. The van der Waals surface area contributed by atoms with Crippen molar-refractivity contribution in [3.05, 3.63) is 12.2 Å². The zero-order valence-electron chi connectivity index (χ0n) is 11.0. The quantitative estimate of drug-likeness (QED) is 0.837. The molecule has 0 saturated heterocycles. The Morgan fingerprint density at radius 3 is 3.05 bits per heavy atom.